The standard InChI is InChI=1S/C15H17F3N2O3/c1-23-12-5-3-2-4-10(12)7-19-14(22)11-6-13(21)20(8-11)9-15(16,17)18/h2-5,11H,6-9H2,1H3,(H,19,22). The fourth-order valence-electron chi connectivity index (χ4n) is 2.49. The predicted octanol–water partition coefficient (Wildman–Crippen LogP) is 1.72. The Morgan fingerprint density at radius 2 is 2.09 bits per heavy atom. The molecule has 0 spiro atoms. The highest BCUT2D eigenvalue weighted by Crippen LogP contribution is 2.24. The molecule has 126 valence electrons. The maximum absolute atomic E-state index is 12.4. The monoisotopic (exact) mass is 330 g/mol. The van der Waals surface area contributed by atoms with Gasteiger partial charge in [0.25, 0.3) is 0 Å². The third-order valence-corrected chi connectivity index (χ3v) is 3.60. The number of carbonyl (C=O) groups excluding carboxylic acids is 2. The van der Waals surface area contributed by atoms with Crippen LogP contribution in [0.25, 0.3) is 0 Å². The highest BCUT2D eigenvalue weighted by Gasteiger charge is 2.40. The molecule has 0 aliphatic carbocycles. The third kappa shape index (κ3) is 4.61. The quantitative estimate of drug-likeness (QED) is 0.894. The zero-order valence-corrected chi connectivity index (χ0v) is 12.5. The van der Waals surface area contributed by atoms with Gasteiger partial charge in [-0.2, -0.15) is 13.2 Å². The van der Waals surface area contributed by atoms with Crippen LogP contribution in [0, 0.1) is 5.92 Å². The van der Waals surface area contributed by atoms with Crippen molar-refractivity contribution < 1.29 is 27.5 Å². The molecular weight excluding hydrogens is 313 g/mol. The van der Waals surface area contributed by atoms with E-state index in [0.717, 1.165) is 5.56 Å². The molecule has 0 bridgehead atoms. The van der Waals surface area contributed by atoms with Gasteiger partial charge in [-0.25, -0.2) is 0 Å². The van der Waals surface area contributed by atoms with Gasteiger partial charge < -0.3 is 15.0 Å². The topological polar surface area (TPSA) is 58.6 Å². The number of amides is 2. The summed E-state index contributed by atoms with van der Waals surface area (Å²) in [5.74, 6) is -1.25. The lowest BCUT2D eigenvalue weighted by atomic mass is 10.1. The van der Waals surface area contributed by atoms with Gasteiger partial charge in [0.1, 0.15) is 12.3 Å². The number of rotatable bonds is 5. The van der Waals surface area contributed by atoms with Crippen LogP contribution in [0.2, 0.25) is 0 Å². The van der Waals surface area contributed by atoms with E-state index in [-0.39, 0.29) is 19.5 Å². The van der Waals surface area contributed by atoms with Gasteiger partial charge in [0.15, 0.2) is 0 Å². The van der Waals surface area contributed by atoms with Crippen LogP contribution in [0.3, 0.4) is 0 Å². The fraction of sp³-hybridized carbons (Fsp3) is 0.467. The van der Waals surface area contributed by atoms with E-state index in [0.29, 0.717) is 10.6 Å². The van der Waals surface area contributed by atoms with Gasteiger partial charge in [0.05, 0.1) is 13.0 Å². The van der Waals surface area contributed by atoms with Crippen LogP contribution in [0.4, 0.5) is 13.2 Å². The molecule has 1 unspecified atom stereocenters. The van der Waals surface area contributed by atoms with E-state index in [4.69, 9.17) is 4.74 Å². The van der Waals surface area contributed by atoms with Gasteiger partial charge in [-0.15, -0.1) is 0 Å². The first-order valence-electron chi connectivity index (χ1n) is 7.04. The van der Waals surface area contributed by atoms with Gasteiger partial charge in [0, 0.05) is 25.1 Å². The second-order valence-corrected chi connectivity index (χ2v) is 5.32. The number of benzene rings is 1. The largest absolute Gasteiger partial charge is 0.496 e. The van der Waals surface area contributed by atoms with E-state index in [1.807, 2.05) is 0 Å². The van der Waals surface area contributed by atoms with Crippen molar-refractivity contribution in [2.45, 2.75) is 19.1 Å². The number of para-hydroxylation sites is 1. The molecule has 1 aromatic rings. The van der Waals surface area contributed by atoms with Crippen molar-refractivity contribution in [2.75, 3.05) is 20.2 Å². The summed E-state index contributed by atoms with van der Waals surface area (Å²) in [7, 11) is 1.51. The molecule has 1 N–H and O–H groups in total. The van der Waals surface area contributed by atoms with Crippen molar-refractivity contribution in [2.24, 2.45) is 5.92 Å². The van der Waals surface area contributed by atoms with E-state index in [1.54, 1.807) is 24.3 Å². The Hall–Kier alpha value is -2.25. The number of nitrogens with zero attached hydrogens (tertiary/aromatic N) is 1. The van der Waals surface area contributed by atoms with Crippen LogP contribution < -0.4 is 10.1 Å². The van der Waals surface area contributed by atoms with E-state index >= 15 is 0 Å². The molecule has 1 saturated heterocycles. The average molecular weight is 330 g/mol. The average Bonchev–Trinajstić information content (AvgIpc) is 2.84. The smallest absolute Gasteiger partial charge is 0.406 e. The summed E-state index contributed by atoms with van der Waals surface area (Å²) in [6.45, 7) is -1.34. The molecule has 0 radical (unpaired) electrons. The zero-order valence-electron chi connectivity index (χ0n) is 12.5. The molecule has 2 rings (SSSR count). The minimum atomic E-state index is -4.46. The molecule has 2 amide bonds. The Morgan fingerprint density at radius 1 is 1.39 bits per heavy atom. The Bertz CT molecular complexity index is 590. The summed E-state index contributed by atoms with van der Waals surface area (Å²) in [5, 5.41) is 2.64. The normalized spacial score (nSPS) is 18.2. The molecule has 8 heteroatoms. The second kappa shape index (κ2) is 6.89. The van der Waals surface area contributed by atoms with Crippen LogP contribution in [-0.4, -0.2) is 43.1 Å². The van der Waals surface area contributed by atoms with Crippen LogP contribution in [0.1, 0.15) is 12.0 Å². The fourth-order valence-corrected chi connectivity index (χ4v) is 2.49. The first kappa shape index (κ1) is 17.1. The summed E-state index contributed by atoms with van der Waals surface area (Å²) in [6, 6.07) is 7.09. The number of carbonyl (C=O) groups is 2. The maximum Gasteiger partial charge on any atom is 0.406 e. The minimum absolute atomic E-state index is 0.187. The lowest BCUT2D eigenvalue weighted by molar-refractivity contribution is -0.157. The van der Waals surface area contributed by atoms with Crippen LogP contribution >= 0.6 is 0 Å². The van der Waals surface area contributed by atoms with E-state index < -0.39 is 30.5 Å². The van der Waals surface area contributed by atoms with Crippen LogP contribution in [0.5, 0.6) is 5.75 Å². The van der Waals surface area contributed by atoms with Crippen molar-refractivity contribution in [3.63, 3.8) is 0 Å². The van der Waals surface area contributed by atoms with E-state index in [9.17, 15) is 22.8 Å². The first-order chi connectivity index (χ1) is 10.8. The number of hydrogen-bond acceptors (Lipinski definition) is 3. The summed E-state index contributed by atoms with van der Waals surface area (Å²) in [4.78, 5) is 24.3. The van der Waals surface area contributed by atoms with Crippen molar-refractivity contribution in [1.29, 1.82) is 0 Å². The van der Waals surface area contributed by atoms with Gasteiger partial charge >= 0.3 is 6.18 Å². The Labute approximate surface area is 131 Å². The predicted molar refractivity (Wildman–Crippen MR) is 75.6 cm³/mol. The van der Waals surface area contributed by atoms with Crippen LogP contribution in [-0.2, 0) is 16.1 Å². The highest BCUT2D eigenvalue weighted by atomic mass is 19.4. The summed E-state index contributed by atoms with van der Waals surface area (Å²) in [6.07, 6.45) is -4.66. The SMILES string of the molecule is COc1ccccc1CNC(=O)C1CC(=O)N(CC(F)(F)F)C1. The summed E-state index contributed by atoms with van der Waals surface area (Å²) in [5.41, 5.74) is 0.750. The van der Waals surface area contributed by atoms with E-state index in [2.05, 4.69) is 5.32 Å². The van der Waals surface area contributed by atoms with Crippen molar-refractivity contribution in [3.05, 3.63) is 29.8 Å². The number of ether oxygens (including phenoxy) is 1. The van der Waals surface area contributed by atoms with Gasteiger partial charge in [-0.1, -0.05) is 18.2 Å². The van der Waals surface area contributed by atoms with Crippen LogP contribution in [0.15, 0.2) is 24.3 Å². The number of methoxy groups -OCH3 is 1. The van der Waals surface area contributed by atoms with Gasteiger partial charge in [-0.05, 0) is 6.07 Å². The number of likely N-dealkylation sites (tertiary alicyclic amines) is 1. The zero-order chi connectivity index (χ0) is 17.0. The molecule has 1 aliphatic rings. The van der Waals surface area contributed by atoms with Crippen molar-refractivity contribution in [1.82, 2.24) is 10.2 Å². The lowest BCUT2D eigenvalue weighted by Gasteiger charge is -2.18. The molecule has 0 aromatic heterocycles. The molecule has 1 atom stereocenters. The van der Waals surface area contributed by atoms with Gasteiger partial charge in [0.2, 0.25) is 11.8 Å². The molecule has 5 nitrogen and oxygen atoms in total. The lowest BCUT2D eigenvalue weighted by Crippen LogP contribution is -2.37. The molecule has 23 heavy (non-hydrogen) atoms. The second-order valence-electron chi connectivity index (χ2n) is 5.32. The maximum atomic E-state index is 12.4. The number of halogens is 3. The minimum Gasteiger partial charge on any atom is -0.496 e. The Kier molecular flexibility index (Phi) is 5.12. The molecule has 1 fully saturated rings. The summed E-state index contributed by atoms with van der Waals surface area (Å²) < 4.78 is 42.2. The number of nitrogens with one attached hydrogen (secondary N) is 1. The molecular formula is C15H17F3N2O3. The Morgan fingerprint density at radius 3 is 2.74 bits per heavy atom. The van der Waals surface area contributed by atoms with Crippen molar-refractivity contribution in [3.8, 4) is 5.75 Å². The highest BCUT2D eigenvalue weighted by molar-refractivity contribution is 5.89. The van der Waals surface area contributed by atoms with E-state index in [1.165, 1.54) is 7.11 Å². The first-order valence-corrected chi connectivity index (χ1v) is 7.04. The van der Waals surface area contributed by atoms with Crippen molar-refractivity contribution >= 4 is 11.8 Å². The third-order valence-electron chi connectivity index (χ3n) is 3.60. The number of alkyl halides is 3. The number of hydrogen-bond donors (Lipinski definition) is 1. The molecule has 1 aliphatic heterocycles. The molecule has 0 saturated carbocycles. The molecule has 1 heterocycles. The Balaban J connectivity index is 1.91. The summed E-state index contributed by atoms with van der Waals surface area (Å²) >= 11 is 0. The molecule has 1 aromatic carbocycles. The van der Waals surface area contributed by atoms with Gasteiger partial charge in [-0.3, -0.25) is 9.59 Å².